The van der Waals surface area contributed by atoms with Crippen LogP contribution in [-0.2, 0) is 9.53 Å². The number of allylic oxidation sites excluding steroid dienone is 2. The Hall–Kier alpha value is -0.830. The lowest BCUT2D eigenvalue weighted by Gasteiger charge is -2.24. The SMILES string of the molecule is COC(=O)C1(N)CCC=CCC1. The molecule has 0 saturated carbocycles. The molecule has 1 aliphatic carbocycles. The number of hydrogen-bond acceptors (Lipinski definition) is 3. The molecular weight excluding hydrogens is 154 g/mol. The molecular formula is C9H15NO2. The first kappa shape index (κ1) is 9.26. The van der Waals surface area contributed by atoms with Gasteiger partial charge in [0, 0.05) is 0 Å². The fourth-order valence-corrected chi connectivity index (χ4v) is 1.45. The highest BCUT2D eigenvalue weighted by Crippen LogP contribution is 2.22. The number of hydrogen-bond donors (Lipinski definition) is 1. The smallest absolute Gasteiger partial charge is 0.325 e. The molecule has 2 N–H and O–H groups in total. The maximum Gasteiger partial charge on any atom is 0.325 e. The Morgan fingerprint density at radius 2 is 1.92 bits per heavy atom. The van der Waals surface area contributed by atoms with Gasteiger partial charge in [-0.05, 0) is 25.7 Å². The van der Waals surface area contributed by atoms with Crippen LogP contribution in [-0.4, -0.2) is 18.6 Å². The first-order valence-electron chi connectivity index (χ1n) is 4.21. The Morgan fingerprint density at radius 3 is 2.33 bits per heavy atom. The lowest BCUT2D eigenvalue weighted by molar-refractivity contribution is -0.147. The van der Waals surface area contributed by atoms with Crippen LogP contribution in [0, 0.1) is 0 Å². The van der Waals surface area contributed by atoms with Gasteiger partial charge in [0.15, 0.2) is 0 Å². The van der Waals surface area contributed by atoms with E-state index in [1.807, 2.05) is 0 Å². The largest absolute Gasteiger partial charge is 0.468 e. The normalized spacial score (nSPS) is 21.5. The van der Waals surface area contributed by atoms with Gasteiger partial charge in [-0.3, -0.25) is 4.79 Å². The molecule has 0 fully saturated rings. The van der Waals surface area contributed by atoms with E-state index in [0.29, 0.717) is 12.8 Å². The van der Waals surface area contributed by atoms with Gasteiger partial charge in [-0.2, -0.15) is 0 Å². The number of ether oxygens (including phenoxy) is 1. The standard InChI is InChI=1S/C9H15NO2/c1-12-8(11)9(10)6-4-2-3-5-7-9/h2-3H,4-7,10H2,1H3. The summed E-state index contributed by atoms with van der Waals surface area (Å²) in [6.07, 6.45) is 7.25. The summed E-state index contributed by atoms with van der Waals surface area (Å²) in [6.45, 7) is 0. The van der Waals surface area contributed by atoms with Crippen molar-refractivity contribution in [2.75, 3.05) is 7.11 Å². The maximum atomic E-state index is 11.3. The van der Waals surface area contributed by atoms with Crippen LogP contribution >= 0.6 is 0 Å². The van der Waals surface area contributed by atoms with E-state index < -0.39 is 5.54 Å². The lowest BCUT2D eigenvalue weighted by atomic mass is 9.91. The second kappa shape index (κ2) is 3.72. The highest BCUT2D eigenvalue weighted by atomic mass is 16.5. The van der Waals surface area contributed by atoms with Crippen molar-refractivity contribution in [2.24, 2.45) is 5.73 Å². The molecule has 0 bridgehead atoms. The van der Waals surface area contributed by atoms with Crippen molar-refractivity contribution < 1.29 is 9.53 Å². The van der Waals surface area contributed by atoms with Crippen molar-refractivity contribution in [3.63, 3.8) is 0 Å². The number of carbonyl (C=O) groups excluding carboxylic acids is 1. The zero-order valence-electron chi connectivity index (χ0n) is 7.38. The molecule has 0 aromatic heterocycles. The number of methoxy groups -OCH3 is 1. The predicted molar refractivity (Wildman–Crippen MR) is 46.5 cm³/mol. The summed E-state index contributed by atoms with van der Waals surface area (Å²) in [6, 6.07) is 0. The Labute approximate surface area is 72.6 Å². The third kappa shape index (κ3) is 1.85. The van der Waals surface area contributed by atoms with Gasteiger partial charge in [-0.25, -0.2) is 0 Å². The minimum atomic E-state index is -0.752. The fourth-order valence-electron chi connectivity index (χ4n) is 1.45. The molecule has 3 heteroatoms. The molecule has 3 nitrogen and oxygen atoms in total. The first-order chi connectivity index (χ1) is 5.69. The van der Waals surface area contributed by atoms with E-state index in [2.05, 4.69) is 16.9 Å². The molecule has 0 aliphatic heterocycles. The summed E-state index contributed by atoms with van der Waals surface area (Å²) in [5, 5.41) is 0. The zero-order valence-corrected chi connectivity index (χ0v) is 7.38. The topological polar surface area (TPSA) is 52.3 Å². The molecule has 1 rings (SSSR count). The van der Waals surface area contributed by atoms with E-state index >= 15 is 0 Å². The van der Waals surface area contributed by atoms with Gasteiger partial charge in [0.1, 0.15) is 5.54 Å². The summed E-state index contributed by atoms with van der Waals surface area (Å²) in [7, 11) is 1.38. The van der Waals surface area contributed by atoms with Crippen molar-refractivity contribution in [3.05, 3.63) is 12.2 Å². The van der Waals surface area contributed by atoms with Gasteiger partial charge in [-0.1, -0.05) is 12.2 Å². The summed E-state index contributed by atoms with van der Waals surface area (Å²) < 4.78 is 4.66. The minimum absolute atomic E-state index is 0.286. The second-order valence-corrected chi connectivity index (χ2v) is 3.20. The first-order valence-corrected chi connectivity index (χ1v) is 4.21. The highest BCUT2D eigenvalue weighted by Gasteiger charge is 2.34. The summed E-state index contributed by atoms with van der Waals surface area (Å²) >= 11 is 0. The van der Waals surface area contributed by atoms with Crippen LogP contribution in [0.2, 0.25) is 0 Å². The number of carbonyl (C=O) groups is 1. The van der Waals surface area contributed by atoms with Crippen LogP contribution in [0.1, 0.15) is 25.7 Å². The monoisotopic (exact) mass is 169 g/mol. The third-order valence-corrected chi connectivity index (χ3v) is 2.27. The molecule has 0 aromatic rings. The van der Waals surface area contributed by atoms with Crippen LogP contribution in [0.3, 0.4) is 0 Å². The van der Waals surface area contributed by atoms with Gasteiger partial charge >= 0.3 is 5.97 Å². The molecule has 0 spiro atoms. The Morgan fingerprint density at radius 1 is 1.42 bits per heavy atom. The Bertz CT molecular complexity index is 189. The van der Waals surface area contributed by atoms with Gasteiger partial charge in [0.25, 0.3) is 0 Å². The molecule has 1 aliphatic rings. The van der Waals surface area contributed by atoms with Gasteiger partial charge in [-0.15, -0.1) is 0 Å². The van der Waals surface area contributed by atoms with E-state index in [-0.39, 0.29) is 5.97 Å². The molecule has 0 radical (unpaired) electrons. The average Bonchev–Trinajstić information content (AvgIpc) is 2.29. The highest BCUT2D eigenvalue weighted by molar-refractivity contribution is 5.80. The van der Waals surface area contributed by atoms with E-state index in [4.69, 9.17) is 5.73 Å². The van der Waals surface area contributed by atoms with Gasteiger partial charge in [0.05, 0.1) is 7.11 Å². The van der Waals surface area contributed by atoms with E-state index in [1.165, 1.54) is 7.11 Å². The summed E-state index contributed by atoms with van der Waals surface area (Å²) in [4.78, 5) is 11.3. The van der Waals surface area contributed by atoms with Crippen molar-refractivity contribution in [1.29, 1.82) is 0 Å². The summed E-state index contributed by atoms with van der Waals surface area (Å²) in [5.74, 6) is -0.286. The third-order valence-electron chi connectivity index (χ3n) is 2.27. The van der Waals surface area contributed by atoms with E-state index in [0.717, 1.165) is 12.8 Å². The summed E-state index contributed by atoms with van der Waals surface area (Å²) in [5.41, 5.74) is 5.15. The van der Waals surface area contributed by atoms with Crippen molar-refractivity contribution in [2.45, 2.75) is 31.2 Å². The number of nitrogens with two attached hydrogens (primary N) is 1. The van der Waals surface area contributed by atoms with Crippen LogP contribution in [0.5, 0.6) is 0 Å². The molecule has 0 saturated heterocycles. The quantitative estimate of drug-likeness (QED) is 0.470. The molecule has 0 heterocycles. The van der Waals surface area contributed by atoms with Crippen LogP contribution in [0.25, 0.3) is 0 Å². The van der Waals surface area contributed by atoms with Gasteiger partial charge < -0.3 is 10.5 Å². The number of rotatable bonds is 1. The van der Waals surface area contributed by atoms with Crippen LogP contribution in [0.15, 0.2) is 12.2 Å². The van der Waals surface area contributed by atoms with Crippen molar-refractivity contribution in [1.82, 2.24) is 0 Å². The van der Waals surface area contributed by atoms with Crippen LogP contribution < -0.4 is 5.73 Å². The molecule has 0 atom stereocenters. The molecule has 0 aromatic carbocycles. The Kier molecular flexibility index (Phi) is 2.87. The zero-order chi connectivity index (χ0) is 9.03. The second-order valence-electron chi connectivity index (χ2n) is 3.20. The molecule has 0 unspecified atom stereocenters. The molecule has 12 heavy (non-hydrogen) atoms. The van der Waals surface area contributed by atoms with Crippen molar-refractivity contribution >= 4 is 5.97 Å². The van der Waals surface area contributed by atoms with Gasteiger partial charge in [0.2, 0.25) is 0 Å². The molecule has 68 valence electrons. The van der Waals surface area contributed by atoms with E-state index in [1.54, 1.807) is 0 Å². The minimum Gasteiger partial charge on any atom is -0.468 e. The Balaban J connectivity index is 2.63. The average molecular weight is 169 g/mol. The van der Waals surface area contributed by atoms with Crippen LogP contribution in [0.4, 0.5) is 0 Å². The lowest BCUT2D eigenvalue weighted by Crippen LogP contribution is -2.48. The predicted octanol–water partition coefficient (Wildman–Crippen LogP) is 0.987. The van der Waals surface area contributed by atoms with E-state index in [9.17, 15) is 4.79 Å². The molecule has 0 amide bonds. The maximum absolute atomic E-state index is 11.3. The van der Waals surface area contributed by atoms with Crippen molar-refractivity contribution in [3.8, 4) is 0 Å². The number of esters is 1. The fraction of sp³-hybridized carbons (Fsp3) is 0.667.